The molecular formula is C17H18O4. The number of benzene rings is 2. The summed E-state index contributed by atoms with van der Waals surface area (Å²) in [6.07, 6.45) is 0. The first-order chi connectivity index (χ1) is 10.1. The lowest BCUT2D eigenvalue weighted by Crippen LogP contribution is -2.01. The molecule has 0 unspecified atom stereocenters. The number of aryl methyl sites for hydroxylation is 1. The maximum Gasteiger partial charge on any atom is 0.336 e. The standard InChI is InChI=1S/C17H18O4/c1-4-21-13-6-7-14(11(2)9-13)15-8-5-12(20-3)10-16(15)17(18)19/h5-10H,4H2,1-3H3,(H,18,19). The molecular weight excluding hydrogens is 268 g/mol. The van der Waals surface area contributed by atoms with E-state index in [1.807, 2.05) is 32.0 Å². The number of hydrogen-bond acceptors (Lipinski definition) is 3. The first kappa shape index (κ1) is 14.9. The van der Waals surface area contributed by atoms with Crippen LogP contribution in [0.2, 0.25) is 0 Å². The van der Waals surface area contributed by atoms with E-state index in [-0.39, 0.29) is 5.56 Å². The second-order valence-corrected chi connectivity index (χ2v) is 4.63. The molecule has 4 nitrogen and oxygen atoms in total. The zero-order valence-corrected chi connectivity index (χ0v) is 12.3. The van der Waals surface area contributed by atoms with Crippen molar-refractivity contribution in [3.05, 3.63) is 47.5 Å². The van der Waals surface area contributed by atoms with Gasteiger partial charge in [0, 0.05) is 0 Å². The monoisotopic (exact) mass is 286 g/mol. The summed E-state index contributed by atoms with van der Waals surface area (Å²) < 4.78 is 10.5. The molecule has 0 atom stereocenters. The van der Waals surface area contributed by atoms with Crippen molar-refractivity contribution in [2.24, 2.45) is 0 Å². The third kappa shape index (κ3) is 3.16. The number of hydrogen-bond donors (Lipinski definition) is 1. The number of aromatic carboxylic acids is 1. The second kappa shape index (κ2) is 6.31. The molecule has 21 heavy (non-hydrogen) atoms. The van der Waals surface area contributed by atoms with Crippen LogP contribution in [0.15, 0.2) is 36.4 Å². The largest absolute Gasteiger partial charge is 0.497 e. The molecule has 0 aliphatic carbocycles. The van der Waals surface area contributed by atoms with Gasteiger partial charge in [-0.15, -0.1) is 0 Å². The lowest BCUT2D eigenvalue weighted by molar-refractivity contribution is 0.0697. The van der Waals surface area contributed by atoms with E-state index in [1.165, 1.54) is 13.2 Å². The van der Waals surface area contributed by atoms with Crippen molar-refractivity contribution >= 4 is 5.97 Å². The number of carbonyl (C=O) groups is 1. The molecule has 0 aliphatic rings. The molecule has 1 N–H and O–H groups in total. The zero-order valence-electron chi connectivity index (χ0n) is 12.3. The Morgan fingerprint density at radius 1 is 1.10 bits per heavy atom. The van der Waals surface area contributed by atoms with Gasteiger partial charge in [0.25, 0.3) is 0 Å². The molecule has 2 aromatic carbocycles. The predicted octanol–water partition coefficient (Wildman–Crippen LogP) is 3.77. The highest BCUT2D eigenvalue weighted by atomic mass is 16.5. The lowest BCUT2D eigenvalue weighted by Gasteiger charge is -2.12. The summed E-state index contributed by atoms with van der Waals surface area (Å²) in [5.74, 6) is 0.334. The maximum atomic E-state index is 11.5. The van der Waals surface area contributed by atoms with Gasteiger partial charge < -0.3 is 14.6 Å². The Kier molecular flexibility index (Phi) is 4.48. The minimum absolute atomic E-state index is 0.224. The van der Waals surface area contributed by atoms with E-state index in [2.05, 4.69) is 0 Å². The summed E-state index contributed by atoms with van der Waals surface area (Å²) in [5, 5.41) is 9.40. The molecule has 110 valence electrons. The Hall–Kier alpha value is -2.49. The molecule has 0 aromatic heterocycles. The molecule has 0 spiro atoms. The summed E-state index contributed by atoms with van der Waals surface area (Å²) in [7, 11) is 1.52. The summed E-state index contributed by atoms with van der Waals surface area (Å²) in [6.45, 7) is 4.46. The Morgan fingerprint density at radius 2 is 1.76 bits per heavy atom. The van der Waals surface area contributed by atoms with Crippen molar-refractivity contribution in [3.8, 4) is 22.6 Å². The van der Waals surface area contributed by atoms with Gasteiger partial charge in [-0.2, -0.15) is 0 Å². The molecule has 0 amide bonds. The number of rotatable bonds is 5. The van der Waals surface area contributed by atoms with Crippen LogP contribution < -0.4 is 9.47 Å². The summed E-state index contributed by atoms with van der Waals surface area (Å²) >= 11 is 0. The third-order valence-corrected chi connectivity index (χ3v) is 3.26. The van der Waals surface area contributed by atoms with Crippen LogP contribution in [0.4, 0.5) is 0 Å². The zero-order chi connectivity index (χ0) is 15.4. The van der Waals surface area contributed by atoms with Crippen molar-refractivity contribution in [2.45, 2.75) is 13.8 Å². The highest BCUT2D eigenvalue weighted by Crippen LogP contribution is 2.31. The Bertz CT molecular complexity index is 662. The van der Waals surface area contributed by atoms with Crippen LogP contribution in [0.5, 0.6) is 11.5 Å². The molecule has 0 aliphatic heterocycles. The first-order valence-corrected chi connectivity index (χ1v) is 6.72. The number of carboxylic acid groups (broad SMARTS) is 1. The smallest absolute Gasteiger partial charge is 0.336 e. The van der Waals surface area contributed by atoms with Crippen LogP contribution in [-0.2, 0) is 0 Å². The Balaban J connectivity index is 2.53. The number of ether oxygens (including phenoxy) is 2. The van der Waals surface area contributed by atoms with E-state index < -0.39 is 5.97 Å². The molecule has 2 aromatic rings. The van der Waals surface area contributed by atoms with Crippen molar-refractivity contribution in [1.82, 2.24) is 0 Å². The average molecular weight is 286 g/mol. The molecule has 0 bridgehead atoms. The fourth-order valence-electron chi connectivity index (χ4n) is 2.26. The first-order valence-electron chi connectivity index (χ1n) is 6.72. The molecule has 0 saturated heterocycles. The van der Waals surface area contributed by atoms with Crippen molar-refractivity contribution in [2.75, 3.05) is 13.7 Å². The normalized spacial score (nSPS) is 10.2. The van der Waals surface area contributed by atoms with Crippen molar-refractivity contribution < 1.29 is 19.4 Å². The summed E-state index contributed by atoms with van der Waals surface area (Å²) in [6, 6.07) is 10.7. The quantitative estimate of drug-likeness (QED) is 0.909. The van der Waals surface area contributed by atoms with Crippen LogP contribution in [0.1, 0.15) is 22.8 Å². The Labute approximate surface area is 123 Å². The van der Waals surface area contributed by atoms with E-state index in [1.54, 1.807) is 12.1 Å². The van der Waals surface area contributed by atoms with E-state index in [9.17, 15) is 9.90 Å². The highest BCUT2D eigenvalue weighted by Gasteiger charge is 2.15. The van der Waals surface area contributed by atoms with Crippen LogP contribution in [0.25, 0.3) is 11.1 Å². The summed E-state index contributed by atoms with van der Waals surface area (Å²) in [4.78, 5) is 11.5. The average Bonchev–Trinajstić information content (AvgIpc) is 2.47. The molecule has 0 fully saturated rings. The fraction of sp³-hybridized carbons (Fsp3) is 0.235. The van der Waals surface area contributed by atoms with Gasteiger partial charge in [-0.25, -0.2) is 4.79 Å². The van der Waals surface area contributed by atoms with Gasteiger partial charge in [-0.3, -0.25) is 0 Å². The predicted molar refractivity (Wildman–Crippen MR) is 81.3 cm³/mol. The summed E-state index contributed by atoms with van der Waals surface area (Å²) in [5.41, 5.74) is 2.73. The molecule has 0 heterocycles. The van der Waals surface area contributed by atoms with Crippen LogP contribution in [0.3, 0.4) is 0 Å². The van der Waals surface area contributed by atoms with Gasteiger partial charge >= 0.3 is 5.97 Å². The van der Waals surface area contributed by atoms with E-state index in [0.717, 1.165) is 16.9 Å². The van der Waals surface area contributed by atoms with Crippen LogP contribution >= 0.6 is 0 Å². The highest BCUT2D eigenvalue weighted by molar-refractivity contribution is 5.97. The van der Waals surface area contributed by atoms with Gasteiger partial charge in [0.15, 0.2) is 0 Å². The molecule has 0 radical (unpaired) electrons. The van der Waals surface area contributed by atoms with Crippen LogP contribution in [-0.4, -0.2) is 24.8 Å². The van der Waals surface area contributed by atoms with Crippen LogP contribution in [0, 0.1) is 6.92 Å². The van der Waals surface area contributed by atoms with E-state index in [0.29, 0.717) is 17.9 Å². The fourth-order valence-corrected chi connectivity index (χ4v) is 2.26. The third-order valence-electron chi connectivity index (χ3n) is 3.26. The van der Waals surface area contributed by atoms with Gasteiger partial charge in [0.1, 0.15) is 11.5 Å². The Morgan fingerprint density at radius 3 is 2.33 bits per heavy atom. The maximum absolute atomic E-state index is 11.5. The molecule has 2 rings (SSSR count). The van der Waals surface area contributed by atoms with Crippen molar-refractivity contribution in [3.63, 3.8) is 0 Å². The van der Waals surface area contributed by atoms with Gasteiger partial charge in [-0.05, 0) is 60.9 Å². The SMILES string of the molecule is CCOc1ccc(-c2ccc(OC)cc2C(=O)O)c(C)c1. The van der Waals surface area contributed by atoms with Crippen molar-refractivity contribution in [1.29, 1.82) is 0 Å². The minimum atomic E-state index is -0.975. The topological polar surface area (TPSA) is 55.8 Å². The van der Waals surface area contributed by atoms with E-state index >= 15 is 0 Å². The molecule has 4 heteroatoms. The van der Waals surface area contributed by atoms with Gasteiger partial charge in [0.05, 0.1) is 19.3 Å². The lowest BCUT2D eigenvalue weighted by atomic mass is 9.95. The number of carboxylic acids is 1. The molecule has 0 saturated carbocycles. The van der Waals surface area contributed by atoms with E-state index in [4.69, 9.17) is 9.47 Å². The second-order valence-electron chi connectivity index (χ2n) is 4.63. The van der Waals surface area contributed by atoms with Gasteiger partial charge in [0.2, 0.25) is 0 Å². The minimum Gasteiger partial charge on any atom is -0.497 e. The number of methoxy groups -OCH3 is 1. The van der Waals surface area contributed by atoms with Gasteiger partial charge in [-0.1, -0.05) is 6.07 Å².